The number of hydrogen-bond acceptors (Lipinski definition) is 30. The van der Waals surface area contributed by atoms with Crippen molar-refractivity contribution >= 4 is 72.7 Å². The van der Waals surface area contributed by atoms with E-state index in [2.05, 4.69) is 0 Å². The van der Waals surface area contributed by atoms with Crippen molar-refractivity contribution < 1.29 is 145 Å². The molecule has 0 saturated carbocycles. The van der Waals surface area contributed by atoms with Crippen LogP contribution >= 0.6 is 0 Å². The van der Waals surface area contributed by atoms with Crippen LogP contribution in [0.4, 0.5) is 28.8 Å². The SMILES string of the molecule is Cc1cccc(C)c1C(=O)OOC(=O)OCCC(COC(=O)OOC(=O)c1c(C)cccc1C)C(COC(=O)OOC(=O)c1c(C)cccc1C)C(COC(=O)OOC(=O)c1c(C)cccc1C)C(CCOC(=O)OOC(=O)c1c(C)cccc1C)COC(=O)OOC(=O)c1c(C)cccc1C. The molecule has 0 aliphatic rings. The van der Waals surface area contributed by atoms with Gasteiger partial charge in [-0.05, 0) is 163 Å². The van der Waals surface area contributed by atoms with Crippen LogP contribution in [0.5, 0.6) is 0 Å². The van der Waals surface area contributed by atoms with E-state index in [-0.39, 0.29) is 33.4 Å². The van der Waals surface area contributed by atoms with Gasteiger partial charge in [-0.1, -0.05) is 109 Å². The van der Waals surface area contributed by atoms with Crippen LogP contribution in [0.3, 0.4) is 0 Å². The van der Waals surface area contributed by atoms with Gasteiger partial charge in [0, 0.05) is 23.7 Å². The predicted octanol–water partition coefficient (Wildman–Crippen LogP) is 13.5. The fourth-order valence-corrected chi connectivity index (χ4v) is 11.0. The molecule has 0 saturated heterocycles. The van der Waals surface area contributed by atoms with Crippen molar-refractivity contribution in [1.82, 2.24) is 0 Å². The van der Waals surface area contributed by atoms with E-state index in [0.29, 0.717) is 66.8 Å². The number of carbonyl (C=O) groups excluding carboxylic acids is 12. The Hall–Kier alpha value is -12.2. The first-order valence-corrected chi connectivity index (χ1v) is 31.3. The zero-order valence-corrected chi connectivity index (χ0v) is 57.6. The van der Waals surface area contributed by atoms with Crippen LogP contribution in [0.25, 0.3) is 0 Å². The van der Waals surface area contributed by atoms with Gasteiger partial charge in [0.15, 0.2) is 0 Å². The van der Waals surface area contributed by atoms with Crippen molar-refractivity contribution in [2.75, 3.05) is 39.6 Å². The molecule has 0 amide bonds. The van der Waals surface area contributed by atoms with Crippen molar-refractivity contribution in [2.45, 2.75) is 95.9 Å². The summed E-state index contributed by atoms with van der Waals surface area (Å²) in [7, 11) is 0. The lowest BCUT2D eigenvalue weighted by Crippen LogP contribution is -2.41. The van der Waals surface area contributed by atoms with E-state index in [1.165, 1.54) is 0 Å². The molecular formula is C72H74O30. The summed E-state index contributed by atoms with van der Waals surface area (Å²) in [6, 6.07) is 29.0. The summed E-state index contributed by atoms with van der Waals surface area (Å²) >= 11 is 0. The average Bonchev–Trinajstić information content (AvgIpc) is 0.722. The molecule has 0 aliphatic carbocycles. The summed E-state index contributed by atoms with van der Waals surface area (Å²) in [5.74, 6) is -13.2. The number of ether oxygens (including phenoxy) is 6. The number of benzene rings is 6. The molecule has 30 heteroatoms. The van der Waals surface area contributed by atoms with Gasteiger partial charge in [-0.15, -0.1) is 0 Å². The minimum Gasteiger partial charge on any atom is -0.432 e. The van der Waals surface area contributed by atoms with Crippen molar-refractivity contribution in [3.63, 3.8) is 0 Å². The molecule has 542 valence electrons. The van der Waals surface area contributed by atoms with E-state index in [0.717, 1.165) is 0 Å². The number of aryl methyl sites for hydroxylation is 12. The van der Waals surface area contributed by atoms with Gasteiger partial charge in [0.05, 0.1) is 73.0 Å². The third kappa shape index (κ3) is 22.9. The summed E-state index contributed by atoms with van der Waals surface area (Å²) in [5, 5.41) is 0. The number of rotatable bonds is 23. The number of carbonyl (C=O) groups is 12. The second kappa shape index (κ2) is 38.2. The molecule has 6 aromatic carbocycles. The highest BCUT2D eigenvalue weighted by molar-refractivity contribution is 5.95. The van der Waals surface area contributed by atoms with Gasteiger partial charge >= 0.3 is 72.7 Å². The molecule has 0 fully saturated rings. The van der Waals surface area contributed by atoms with Gasteiger partial charge in [-0.25, -0.2) is 87.4 Å². The first-order chi connectivity index (χ1) is 48.6. The third-order valence-electron chi connectivity index (χ3n) is 16.0. The van der Waals surface area contributed by atoms with Crippen LogP contribution in [0.1, 0.15) is 142 Å². The number of hydrogen-bond donors (Lipinski definition) is 0. The maximum absolute atomic E-state index is 13.8. The Balaban J connectivity index is 1.42. The molecule has 4 atom stereocenters. The second-order valence-corrected chi connectivity index (χ2v) is 23.2. The zero-order valence-electron chi connectivity index (χ0n) is 57.6. The van der Waals surface area contributed by atoms with Gasteiger partial charge in [0.25, 0.3) is 0 Å². The molecule has 0 aliphatic heterocycles. The minimum atomic E-state index is -1.75. The van der Waals surface area contributed by atoms with Crippen LogP contribution in [0, 0.1) is 107 Å². The third-order valence-corrected chi connectivity index (χ3v) is 16.0. The highest BCUT2D eigenvalue weighted by Crippen LogP contribution is 2.35. The van der Waals surface area contributed by atoms with Crippen molar-refractivity contribution in [3.8, 4) is 0 Å². The normalized spacial score (nSPS) is 11.8. The van der Waals surface area contributed by atoms with E-state index < -0.39 is 149 Å². The van der Waals surface area contributed by atoms with E-state index in [9.17, 15) is 57.5 Å². The zero-order chi connectivity index (χ0) is 74.7. The first-order valence-electron chi connectivity index (χ1n) is 31.3. The smallest absolute Gasteiger partial charge is 0.432 e. The molecule has 6 aromatic rings. The summed E-state index contributed by atoms with van der Waals surface area (Å²) in [5.41, 5.74) is 5.34. The van der Waals surface area contributed by atoms with Gasteiger partial charge < -0.3 is 28.4 Å². The predicted molar refractivity (Wildman–Crippen MR) is 346 cm³/mol. The maximum Gasteiger partial charge on any atom is 0.549 e. The largest absolute Gasteiger partial charge is 0.549 e. The molecule has 0 heterocycles. The van der Waals surface area contributed by atoms with E-state index >= 15 is 0 Å². The summed E-state index contributed by atoms with van der Waals surface area (Å²) < 4.78 is 32.8. The van der Waals surface area contributed by atoms with Gasteiger partial charge in [0.1, 0.15) is 0 Å². The Morgan fingerprint density at radius 3 is 0.559 bits per heavy atom. The molecule has 0 N–H and O–H groups in total. The fourth-order valence-electron chi connectivity index (χ4n) is 11.0. The first kappa shape index (κ1) is 78.8. The summed E-state index contributed by atoms with van der Waals surface area (Å²) in [4.78, 5) is 219. The van der Waals surface area contributed by atoms with Crippen molar-refractivity contribution in [1.29, 1.82) is 0 Å². The lowest BCUT2D eigenvalue weighted by atomic mass is 9.74. The van der Waals surface area contributed by atoms with Crippen LogP contribution in [-0.4, -0.2) is 112 Å². The van der Waals surface area contributed by atoms with Crippen LogP contribution in [-0.2, 0) is 87.1 Å². The van der Waals surface area contributed by atoms with Crippen LogP contribution in [0.2, 0.25) is 0 Å². The molecule has 0 bridgehead atoms. The quantitative estimate of drug-likeness (QED) is 0.0249. The Morgan fingerprint density at radius 1 is 0.225 bits per heavy atom. The molecule has 30 nitrogen and oxygen atoms in total. The molecule has 6 rings (SSSR count). The molecule has 4 unspecified atom stereocenters. The fraction of sp³-hybridized carbons (Fsp3) is 0.333. The van der Waals surface area contributed by atoms with E-state index in [1.807, 2.05) is 0 Å². The van der Waals surface area contributed by atoms with E-state index in [4.69, 9.17) is 87.1 Å². The molecular weight excluding hydrogens is 1340 g/mol. The van der Waals surface area contributed by atoms with Gasteiger partial charge in [-0.3, -0.25) is 0 Å². The van der Waals surface area contributed by atoms with Gasteiger partial charge in [-0.2, -0.15) is 28.8 Å². The van der Waals surface area contributed by atoms with Crippen molar-refractivity contribution in [3.05, 3.63) is 209 Å². The molecule has 0 spiro atoms. The Kier molecular flexibility index (Phi) is 29.5. The van der Waals surface area contributed by atoms with Crippen LogP contribution < -0.4 is 0 Å². The molecule has 102 heavy (non-hydrogen) atoms. The Labute approximate surface area is 583 Å². The standard InChI is InChI=1S/C72H74O30/c1-39-19-13-20-40(2)55(39)61(73)91-97-67(79)85-33-31-51(35-87-69(81)99-93-63(75)57-43(5)23-15-24-44(57)6)53(37-89-71(83)101-95-65(77)59-47(9)27-17-28-48(59)10)54(38-90-72(84)102-96-66(78)60-49(11)29-18-30-50(60)12)52(36-88-70(82)100-94-64(76)58-45(7)25-16-26-46(58)8)32-34-86-68(80)98-92-62(74)56-41(3)21-14-22-42(56)4/h13-30,51-54H,31-38H2,1-12H3. The molecule has 0 aromatic heterocycles. The monoisotopic (exact) mass is 1420 g/mol. The average molecular weight is 1420 g/mol. The molecule has 0 radical (unpaired) electrons. The van der Waals surface area contributed by atoms with Crippen LogP contribution in [0.15, 0.2) is 109 Å². The van der Waals surface area contributed by atoms with E-state index in [1.54, 1.807) is 192 Å². The summed E-state index contributed by atoms with van der Waals surface area (Å²) in [6.07, 6.45) is -11.4. The van der Waals surface area contributed by atoms with Gasteiger partial charge in [0.2, 0.25) is 0 Å². The summed E-state index contributed by atoms with van der Waals surface area (Å²) in [6.45, 7) is 13.2. The topological polar surface area (TPSA) is 371 Å². The Bertz CT molecular complexity index is 3700. The highest BCUT2D eigenvalue weighted by atomic mass is 17.3. The lowest BCUT2D eigenvalue weighted by Gasteiger charge is -2.36. The second-order valence-electron chi connectivity index (χ2n) is 23.2. The van der Waals surface area contributed by atoms with Crippen molar-refractivity contribution in [2.24, 2.45) is 23.7 Å². The minimum absolute atomic E-state index is 0.00137. The maximum atomic E-state index is 13.8. The lowest BCUT2D eigenvalue weighted by molar-refractivity contribution is -0.212. The Morgan fingerprint density at radius 2 is 0.382 bits per heavy atom. The highest BCUT2D eigenvalue weighted by Gasteiger charge is 2.40.